The summed E-state index contributed by atoms with van der Waals surface area (Å²) in [5.41, 5.74) is 1.47. The average molecular weight is 362 g/mol. The highest BCUT2D eigenvalue weighted by Gasteiger charge is 2.28. The largest absolute Gasteiger partial charge is 0.467 e. The lowest BCUT2D eigenvalue weighted by Crippen LogP contribution is -2.27. The zero-order valence-electron chi connectivity index (χ0n) is 14.5. The van der Waals surface area contributed by atoms with Crippen molar-refractivity contribution in [3.63, 3.8) is 0 Å². The Morgan fingerprint density at radius 1 is 1.36 bits per heavy atom. The molecule has 6 nitrogen and oxygen atoms in total. The van der Waals surface area contributed by atoms with Crippen LogP contribution in [0.5, 0.6) is 0 Å². The van der Waals surface area contributed by atoms with Gasteiger partial charge < -0.3 is 9.47 Å². The Labute approximate surface area is 151 Å². The van der Waals surface area contributed by atoms with Crippen molar-refractivity contribution in [2.45, 2.75) is 26.5 Å². The third-order valence-corrected chi connectivity index (χ3v) is 4.39. The van der Waals surface area contributed by atoms with Gasteiger partial charge in [-0.2, -0.15) is 0 Å². The van der Waals surface area contributed by atoms with Gasteiger partial charge in [-0.1, -0.05) is 50.3 Å². The molecule has 0 saturated carbocycles. The maximum atomic E-state index is 12.1. The van der Waals surface area contributed by atoms with Crippen LogP contribution in [0.3, 0.4) is 0 Å². The molecule has 1 amide bonds. The second-order valence-electron chi connectivity index (χ2n) is 5.80. The van der Waals surface area contributed by atoms with Crippen LogP contribution in [-0.2, 0) is 20.9 Å². The quantitative estimate of drug-likeness (QED) is 0.787. The van der Waals surface area contributed by atoms with Crippen molar-refractivity contribution < 1.29 is 19.1 Å². The van der Waals surface area contributed by atoms with Gasteiger partial charge in [0.15, 0.2) is 6.04 Å². The Morgan fingerprint density at radius 3 is 2.72 bits per heavy atom. The highest BCUT2D eigenvalue weighted by Crippen LogP contribution is 2.24. The molecule has 7 heteroatoms. The van der Waals surface area contributed by atoms with Gasteiger partial charge in [0.1, 0.15) is 11.7 Å². The molecule has 0 radical (unpaired) electrons. The minimum absolute atomic E-state index is 0.187. The molecule has 1 aliphatic rings. The van der Waals surface area contributed by atoms with E-state index in [9.17, 15) is 9.59 Å². The molecule has 1 atom stereocenters. The highest BCUT2D eigenvalue weighted by atomic mass is 32.2. The summed E-state index contributed by atoms with van der Waals surface area (Å²) in [5, 5.41) is 3.35. The van der Waals surface area contributed by atoms with Crippen molar-refractivity contribution >= 4 is 28.9 Å². The van der Waals surface area contributed by atoms with Gasteiger partial charge in [-0.3, -0.25) is 10.3 Å². The second kappa shape index (κ2) is 9.27. The number of carbonyl (C=O) groups excluding carboxylic acids is 2. The van der Waals surface area contributed by atoms with E-state index in [-0.39, 0.29) is 18.5 Å². The first-order valence-electron chi connectivity index (χ1n) is 7.98. The summed E-state index contributed by atoms with van der Waals surface area (Å²) in [5.74, 6) is 0.320. The molecule has 1 N–H and O–H groups in total. The summed E-state index contributed by atoms with van der Waals surface area (Å²) in [7, 11) is 1.34. The summed E-state index contributed by atoms with van der Waals surface area (Å²) < 4.78 is 9.97. The van der Waals surface area contributed by atoms with Gasteiger partial charge in [-0.15, -0.1) is 11.8 Å². The molecular formula is C18H22N2O4S. The fourth-order valence-electron chi connectivity index (χ4n) is 2.15. The molecule has 1 heterocycles. The number of esters is 1. The Balaban J connectivity index is 2.01. The lowest BCUT2D eigenvalue weighted by Gasteiger charge is -2.11. The van der Waals surface area contributed by atoms with Crippen LogP contribution in [0, 0.1) is 5.92 Å². The molecule has 1 aromatic rings. The molecule has 1 aliphatic heterocycles. The van der Waals surface area contributed by atoms with Gasteiger partial charge in [0.2, 0.25) is 0 Å². The number of nitrogens with one attached hydrogen (secondary N) is 1. The van der Waals surface area contributed by atoms with Crippen molar-refractivity contribution in [3.8, 4) is 0 Å². The molecule has 0 fully saturated rings. The van der Waals surface area contributed by atoms with Crippen molar-refractivity contribution in [1.82, 2.24) is 5.32 Å². The summed E-state index contributed by atoms with van der Waals surface area (Å²) in [6, 6.07) is 8.91. The number of nitrogens with zero attached hydrogens (tertiary/aromatic N) is 1. The van der Waals surface area contributed by atoms with Gasteiger partial charge in [0.25, 0.3) is 0 Å². The third-order valence-electron chi connectivity index (χ3n) is 3.30. The van der Waals surface area contributed by atoms with E-state index in [0.29, 0.717) is 16.5 Å². The third kappa shape index (κ3) is 5.94. The van der Waals surface area contributed by atoms with E-state index >= 15 is 0 Å². The number of hydrogen-bond donors (Lipinski definition) is 1. The topological polar surface area (TPSA) is 77.0 Å². The number of ether oxygens (including phenoxy) is 2. The average Bonchev–Trinajstić information content (AvgIpc) is 3.09. The lowest BCUT2D eigenvalue weighted by atomic mass is 10.2. The normalized spacial score (nSPS) is 17.2. The van der Waals surface area contributed by atoms with Crippen molar-refractivity contribution in [2.75, 3.05) is 12.9 Å². The first kappa shape index (κ1) is 19.1. The standard InChI is InChI=1S/C18H22N2O4S/c1-12(2)9-14(16-19-15(11-25-16)17(21)23-3)20-18(22)24-10-13-7-5-4-6-8-13/h4-9,12,15H,10-11H2,1-3H3,(H,20,22)/b14-9-/t15-/m0/s1. The number of hydrogen-bond acceptors (Lipinski definition) is 6. The molecule has 0 aliphatic carbocycles. The number of thioether (sulfide) groups is 1. The van der Waals surface area contributed by atoms with Crippen molar-refractivity contribution in [2.24, 2.45) is 10.9 Å². The number of amides is 1. The van der Waals surface area contributed by atoms with E-state index < -0.39 is 12.1 Å². The number of benzene rings is 1. The predicted octanol–water partition coefficient (Wildman–Crippen LogP) is 3.14. The first-order chi connectivity index (χ1) is 12.0. The van der Waals surface area contributed by atoms with Gasteiger partial charge in [0.05, 0.1) is 12.8 Å². The second-order valence-corrected chi connectivity index (χ2v) is 6.80. The van der Waals surface area contributed by atoms with Crippen molar-refractivity contribution in [3.05, 3.63) is 47.7 Å². The van der Waals surface area contributed by atoms with Crippen LogP contribution < -0.4 is 5.32 Å². The summed E-state index contributed by atoms with van der Waals surface area (Å²) in [6.07, 6.45) is 1.33. The molecule has 2 rings (SSSR count). The van der Waals surface area contributed by atoms with Gasteiger partial charge in [-0.25, -0.2) is 9.59 Å². The molecule has 25 heavy (non-hydrogen) atoms. The maximum absolute atomic E-state index is 12.1. The van der Waals surface area contributed by atoms with Crippen LogP contribution in [0.1, 0.15) is 19.4 Å². The zero-order chi connectivity index (χ0) is 18.2. The van der Waals surface area contributed by atoms with Crippen LogP contribution in [-0.4, -0.2) is 36.0 Å². The number of alkyl carbamates (subject to hydrolysis) is 1. The number of rotatable bonds is 6. The summed E-state index contributed by atoms with van der Waals surface area (Å²) in [4.78, 5) is 28.1. The van der Waals surface area contributed by atoms with Crippen LogP contribution in [0.25, 0.3) is 0 Å². The molecular weight excluding hydrogens is 340 g/mol. The van der Waals surface area contributed by atoms with Gasteiger partial charge >= 0.3 is 12.1 Å². The Morgan fingerprint density at radius 2 is 2.08 bits per heavy atom. The minimum atomic E-state index is -0.555. The van der Waals surface area contributed by atoms with Crippen LogP contribution in [0.2, 0.25) is 0 Å². The monoisotopic (exact) mass is 362 g/mol. The van der Waals surface area contributed by atoms with Crippen molar-refractivity contribution in [1.29, 1.82) is 0 Å². The Bertz CT molecular complexity index is 671. The number of carbonyl (C=O) groups is 2. The van der Waals surface area contributed by atoms with E-state index in [0.717, 1.165) is 5.56 Å². The Kier molecular flexibility index (Phi) is 7.06. The number of allylic oxidation sites excluding steroid dienone is 1. The number of aliphatic imine (C=N–C) groups is 1. The molecule has 0 bridgehead atoms. The Hall–Kier alpha value is -2.28. The van der Waals surface area contributed by atoms with Gasteiger partial charge in [0, 0.05) is 5.75 Å². The molecule has 134 valence electrons. The molecule has 0 aromatic heterocycles. The molecule has 1 aromatic carbocycles. The molecule has 0 spiro atoms. The first-order valence-corrected chi connectivity index (χ1v) is 8.96. The van der Waals surface area contributed by atoms with Gasteiger partial charge in [-0.05, 0) is 11.5 Å². The summed E-state index contributed by atoms with van der Waals surface area (Å²) in [6.45, 7) is 4.18. The minimum Gasteiger partial charge on any atom is -0.467 e. The fourth-order valence-corrected chi connectivity index (χ4v) is 3.15. The zero-order valence-corrected chi connectivity index (χ0v) is 15.3. The smallest absolute Gasteiger partial charge is 0.412 e. The number of methoxy groups -OCH3 is 1. The molecule has 0 saturated heterocycles. The van der Waals surface area contributed by atoms with Crippen LogP contribution in [0.4, 0.5) is 4.79 Å². The van der Waals surface area contributed by atoms with E-state index in [2.05, 4.69) is 10.3 Å². The van der Waals surface area contributed by atoms with E-state index in [1.54, 1.807) is 0 Å². The van der Waals surface area contributed by atoms with Crippen LogP contribution >= 0.6 is 11.8 Å². The van der Waals surface area contributed by atoms with Crippen LogP contribution in [0.15, 0.2) is 47.1 Å². The van der Waals surface area contributed by atoms with E-state index in [1.807, 2.05) is 50.3 Å². The highest BCUT2D eigenvalue weighted by molar-refractivity contribution is 8.14. The lowest BCUT2D eigenvalue weighted by molar-refractivity contribution is -0.141. The summed E-state index contributed by atoms with van der Waals surface area (Å²) >= 11 is 1.41. The fraction of sp³-hybridized carbons (Fsp3) is 0.389. The van der Waals surface area contributed by atoms with E-state index in [4.69, 9.17) is 9.47 Å². The van der Waals surface area contributed by atoms with E-state index in [1.165, 1.54) is 18.9 Å². The SMILES string of the molecule is COC(=O)[C@@H]1CSC(/C(=C/C(C)C)NC(=O)OCc2ccccc2)=N1. The predicted molar refractivity (Wildman–Crippen MR) is 98.4 cm³/mol. The maximum Gasteiger partial charge on any atom is 0.412 e. The molecule has 0 unspecified atom stereocenters.